The van der Waals surface area contributed by atoms with E-state index in [-0.39, 0.29) is 10.8 Å². The van der Waals surface area contributed by atoms with Gasteiger partial charge < -0.3 is 0 Å². The van der Waals surface area contributed by atoms with Crippen LogP contribution in [0.4, 0.5) is 0 Å². The van der Waals surface area contributed by atoms with Crippen molar-refractivity contribution < 1.29 is 0 Å². The van der Waals surface area contributed by atoms with Crippen molar-refractivity contribution >= 4 is 0 Å². The largest absolute Gasteiger partial charge is 0.259 e. The maximum atomic E-state index is 4.48. The predicted molar refractivity (Wildman–Crippen MR) is 342 cm³/mol. The van der Waals surface area contributed by atoms with E-state index in [0.717, 1.165) is 22.8 Å². The molecule has 0 saturated carbocycles. The molecule has 400 valence electrons. The van der Waals surface area contributed by atoms with Gasteiger partial charge in [-0.05, 0) is 77.9 Å². The fourth-order valence-electron chi connectivity index (χ4n) is 11.2. The Labute approximate surface area is 474 Å². The lowest BCUT2D eigenvalue weighted by Gasteiger charge is -2.33. The number of nitrogens with one attached hydrogen (secondary N) is 1. The number of hydrogen-bond donors (Lipinski definition) is 1. The Morgan fingerprint density at radius 1 is 0.241 bits per heavy atom. The van der Waals surface area contributed by atoms with Gasteiger partial charge in [-0.3, -0.25) is 5.10 Å². The molecule has 3 heteroatoms. The number of fused-ring (bicyclic) bond motifs is 13. The van der Waals surface area contributed by atoms with Crippen molar-refractivity contribution in [3.8, 4) is 56.2 Å². The van der Waals surface area contributed by atoms with Crippen LogP contribution in [0.15, 0.2) is 267 Å². The molecule has 1 N–H and O–H groups in total. The Hall–Kier alpha value is -8.66. The number of nitrogens with zero attached hydrogens (tertiary/aromatic N) is 2. The summed E-state index contributed by atoms with van der Waals surface area (Å²) in [6.07, 6.45) is 0. The molecule has 3 aliphatic carbocycles. The fourth-order valence-corrected chi connectivity index (χ4v) is 11.2. The minimum absolute atomic E-state index is 0.180. The van der Waals surface area contributed by atoms with Gasteiger partial charge in [-0.1, -0.05) is 350 Å². The van der Waals surface area contributed by atoms with Gasteiger partial charge in [-0.15, -0.1) is 0 Å². The Morgan fingerprint density at radius 2 is 0.468 bits per heavy atom. The van der Waals surface area contributed by atoms with E-state index in [9.17, 15) is 0 Å². The van der Waals surface area contributed by atoms with Gasteiger partial charge in [-0.25, -0.2) is 4.98 Å². The summed E-state index contributed by atoms with van der Waals surface area (Å²) in [5, 5.41) is 7.19. The second-order valence-corrected chi connectivity index (χ2v) is 17.2. The Kier molecular flexibility index (Phi) is 22.4. The number of rotatable bonds is 4. The van der Waals surface area contributed by atoms with E-state index in [2.05, 4.69) is 221 Å². The number of benzene rings is 10. The fraction of sp³-hybridized carbons (Fsp3) is 0.184. The Morgan fingerprint density at radius 3 is 0.759 bits per heavy atom. The maximum absolute atomic E-state index is 4.48. The van der Waals surface area contributed by atoms with Crippen LogP contribution in [0.5, 0.6) is 0 Å². The minimum atomic E-state index is -0.254. The molecule has 10 aromatic carbocycles. The molecular formula is C76H81N3. The van der Waals surface area contributed by atoms with Crippen LogP contribution < -0.4 is 0 Å². The SMILES string of the molecule is CC.CC.CC.CC.CC.CC.c1ccc(-c2n[nH]c(-c3ccccc3)n2)cc1.c1ccc(C2(c3ccccc3)c3ccccc3-c3ccccc32)cc1.c1ccc2c(c1)-c1ccccc1C21c2ccccc2-c2ccccc21. The molecule has 0 bridgehead atoms. The van der Waals surface area contributed by atoms with Crippen molar-refractivity contribution in [2.45, 2.75) is 93.9 Å². The van der Waals surface area contributed by atoms with Gasteiger partial charge in [-0.2, -0.15) is 5.10 Å². The Balaban J connectivity index is 0.000000177. The first kappa shape index (κ1) is 59.6. The number of aromatic amines is 1. The van der Waals surface area contributed by atoms with Crippen molar-refractivity contribution in [1.29, 1.82) is 0 Å². The summed E-state index contributed by atoms with van der Waals surface area (Å²) in [7, 11) is 0. The van der Waals surface area contributed by atoms with Crippen LogP contribution in [0.25, 0.3) is 56.2 Å². The first-order valence-corrected chi connectivity index (χ1v) is 29.0. The Bertz CT molecular complexity index is 3070. The number of hydrogen-bond acceptors (Lipinski definition) is 2. The van der Waals surface area contributed by atoms with Crippen LogP contribution in [0.2, 0.25) is 0 Å². The molecule has 3 nitrogen and oxygen atoms in total. The van der Waals surface area contributed by atoms with Gasteiger partial charge in [0.2, 0.25) is 0 Å². The topological polar surface area (TPSA) is 41.6 Å². The summed E-state index contributed by atoms with van der Waals surface area (Å²) >= 11 is 0. The van der Waals surface area contributed by atoms with E-state index in [1.807, 2.05) is 144 Å². The molecule has 3 aliphatic rings. The standard InChI is InChI=1S/C25H16.C25H18.C14H11N3.6C2H6/c1-5-13-21-17(9-1)18-10-2-6-14-22(18)25(21)23-15-7-3-11-19(23)20-12-4-8-16-24(20)25;1-3-11-19(12-4-1)25(20-13-5-2-6-14-20)23-17-9-7-15-21(23)22-16-8-10-18-24(22)25;1-3-7-11(8-4-1)13-15-14(17-16-13)12-9-5-2-6-10-12;6*1-2/h1-16H;1-18H;1-10H,(H,15,16,17);6*1-2H3. The van der Waals surface area contributed by atoms with Gasteiger partial charge in [0.1, 0.15) is 0 Å². The molecular weight excluding hydrogens is 955 g/mol. The highest BCUT2D eigenvalue weighted by atomic mass is 15.2. The normalized spacial score (nSPS) is 11.7. The van der Waals surface area contributed by atoms with E-state index < -0.39 is 0 Å². The van der Waals surface area contributed by atoms with Crippen molar-refractivity contribution in [3.63, 3.8) is 0 Å². The summed E-state index contributed by atoms with van der Waals surface area (Å²) in [5.41, 5.74) is 20.8. The lowest BCUT2D eigenvalue weighted by atomic mass is 9.68. The van der Waals surface area contributed by atoms with Crippen LogP contribution in [-0.2, 0) is 10.8 Å². The molecule has 0 unspecified atom stereocenters. The zero-order chi connectivity index (χ0) is 56.6. The van der Waals surface area contributed by atoms with Crippen molar-refractivity contribution in [2.24, 2.45) is 0 Å². The quantitative estimate of drug-likeness (QED) is 0.191. The van der Waals surface area contributed by atoms with Gasteiger partial charge in [0.25, 0.3) is 0 Å². The highest BCUT2D eigenvalue weighted by Crippen LogP contribution is 2.62. The second kappa shape index (κ2) is 29.7. The first-order chi connectivity index (χ1) is 39.3. The van der Waals surface area contributed by atoms with E-state index in [1.165, 1.54) is 77.9 Å². The highest BCUT2D eigenvalue weighted by Gasteiger charge is 2.51. The molecule has 1 aromatic heterocycles. The predicted octanol–water partition coefficient (Wildman–Crippen LogP) is 21.4. The summed E-state index contributed by atoms with van der Waals surface area (Å²) in [4.78, 5) is 4.48. The molecule has 0 fully saturated rings. The number of H-pyrrole nitrogens is 1. The third-order valence-corrected chi connectivity index (χ3v) is 13.8. The van der Waals surface area contributed by atoms with E-state index >= 15 is 0 Å². The molecule has 79 heavy (non-hydrogen) atoms. The molecule has 0 amide bonds. The molecule has 0 atom stereocenters. The summed E-state index contributed by atoms with van der Waals surface area (Å²) in [6, 6.07) is 95.0. The van der Waals surface area contributed by atoms with Crippen LogP contribution in [-0.4, -0.2) is 15.2 Å². The average Bonchev–Trinajstić information content (AvgIpc) is 3.04. The van der Waals surface area contributed by atoms with Crippen LogP contribution in [0, 0.1) is 0 Å². The van der Waals surface area contributed by atoms with Gasteiger partial charge in [0.15, 0.2) is 11.6 Å². The molecule has 1 heterocycles. The maximum Gasteiger partial charge on any atom is 0.181 e. The average molecular weight is 1040 g/mol. The summed E-state index contributed by atoms with van der Waals surface area (Å²) < 4.78 is 0. The van der Waals surface area contributed by atoms with E-state index in [4.69, 9.17) is 0 Å². The van der Waals surface area contributed by atoms with Crippen LogP contribution in [0.1, 0.15) is 128 Å². The molecule has 0 saturated heterocycles. The van der Waals surface area contributed by atoms with Crippen LogP contribution in [0.3, 0.4) is 0 Å². The summed E-state index contributed by atoms with van der Waals surface area (Å²) in [6.45, 7) is 24.0. The first-order valence-electron chi connectivity index (χ1n) is 29.0. The molecule has 11 aromatic rings. The summed E-state index contributed by atoms with van der Waals surface area (Å²) in [5.74, 6) is 1.52. The lowest BCUT2D eigenvalue weighted by Crippen LogP contribution is -2.28. The van der Waals surface area contributed by atoms with Crippen LogP contribution >= 0.6 is 0 Å². The molecule has 1 spiro atoms. The zero-order valence-electron chi connectivity index (χ0n) is 48.8. The third kappa shape index (κ3) is 11.4. The molecule has 14 rings (SSSR count). The monoisotopic (exact) mass is 1040 g/mol. The van der Waals surface area contributed by atoms with Crippen molar-refractivity contribution in [3.05, 3.63) is 311 Å². The smallest absolute Gasteiger partial charge is 0.181 e. The van der Waals surface area contributed by atoms with E-state index in [1.54, 1.807) is 0 Å². The molecule has 0 aliphatic heterocycles. The minimum Gasteiger partial charge on any atom is -0.259 e. The number of aromatic nitrogens is 3. The molecule has 0 radical (unpaired) electrons. The van der Waals surface area contributed by atoms with E-state index in [0.29, 0.717) is 0 Å². The lowest BCUT2D eigenvalue weighted by molar-refractivity contribution is 0.768. The zero-order valence-corrected chi connectivity index (χ0v) is 48.8. The van der Waals surface area contributed by atoms with Crippen molar-refractivity contribution in [1.82, 2.24) is 15.2 Å². The third-order valence-electron chi connectivity index (χ3n) is 13.8. The second-order valence-electron chi connectivity index (χ2n) is 17.2. The van der Waals surface area contributed by atoms with Gasteiger partial charge in [0, 0.05) is 11.1 Å². The van der Waals surface area contributed by atoms with Gasteiger partial charge >= 0.3 is 0 Å². The van der Waals surface area contributed by atoms with Crippen molar-refractivity contribution in [2.75, 3.05) is 0 Å². The van der Waals surface area contributed by atoms with Gasteiger partial charge in [0.05, 0.1) is 10.8 Å². The highest BCUT2D eigenvalue weighted by molar-refractivity contribution is 5.95.